The number of rotatable bonds is 3. The first kappa shape index (κ1) is 12.2. The Hall–Kier alpha value is -1.29. The van der Waals surface area contributed by atoms with E-state index in [1.807, 2.05) is 13.0 Å². The van der Waals surface area contributed by atoms with Gasteiger partial charge in [-0.1, -0.05) is 0 Å². The molecule has 1 aliphatic heterocycles. The Kier molecular flexibility index (Phi) is 3.84. The molecule has 0 saturated carbocycles. The second kappa shape index (κ2) is 5.36. The predicted octanol–water partition coefficient (Wildman–Crippen LogP) is 1.81. The second-order valence-electron chi connectivity index (χ2n) is 4.62. The number of aromatic nitrogens is 2. The van der Waals surface area contributed by atoms with Crippen LogP contribution in [0.1, 0.15) is 42.9 Å². The van der Waals surface area contributed by atoms with Crippen molar-refractivity contribution < 1.29 is 9.53 Å². The van der Waals surface area contributed by atoms with E-state index in [0.717, 1.165) is 37.4 Å². The summed E-state index contributed by atoms with van der Waals surface area (Å²) in [6.07, 6.45) is 2.35. The third kappa shape index (κ3) is 3.33. The summed E-state index contributed by atoms with van der Waals surface area (Å²) in [5, 5.41) is 0. The van der Waals surface area contributed by atoms with Crippen molar-refractivity contribution in [2.45, 2.75) is 39.0 Å². The van der Waals surface area contributed by atoms with E-state index in [4.69, 9.17) is 4.74 Å². The number of hydrogen-bond acceptors (Lipinski definition) is 4. The average molecular weight is 234 g/mol. The molecule has 0 atom stereocenters. The van der Waals surface area contributed by atoms with Crippen LogP contribution in [0.4, 0.5) is 0 Å². The summed E-state index contributed by atoms with van der Waals surface area (Å²) in [7, 11) is 0. The topological polar surface area (TPSA) is 52.1 Å². The Labute approximate surface area is 101 Å². The molecule has 0 bridgehead atoms. The van der Waals surface area contributed by atoms with Gasteiger partial charge in [-0.15, -0.1) is 0 Å². The molecule has 2 rings (SSSR count). The maximum atomic E-state index is 11.1. The molecule has 0 amide bonds. The zero-order valence-electron chi connectivity index (χ0n) is 10.4. The number of carbonyl (C=O) groups is 1. The Morgan fingerprint density at radius 2 is 2.12 bits per heavy atom. The zero-order valence-corrected chi connectivity index (χ0v) is 10.4. The van der Waals surface area contributed by atoms with Crippen LogP contribution in [0.5, 0.6) is 0 Å². The largest absolute Gasteiger partial charge is 0.381 e. The summed E-state index contributed by atoms with van der Waals surface area (Å²) in [5.74, 6) is 1.21. The van der Waals surface area contributed by atoms with Crippen LogP contribution < -0.4 is 0 Å². The summed E-state index contributed by atoms with van der Waals surface area (Å²) in [6.45, 7) is 5.12. The summed E-state index contributed by atoms with van der Waals surface area (Å²) < 4.78 is 5.35. The van der Waals surface area contributed by atoms with Crippen molar-refractivity contribution in [3.05, 3.63) is 23.3 Å². The van der Waals surface area contributed by atoms with Crippen LogP contribution >= 0.6 is 0 Å². The molecule has 17 heavy (non-hydrogen) atoms. The molecule has 1 saturated heterocycles. The van der Waals surface area contributed by atoms with E-state index in [9.17, 15) is 4.79 Å². The lowest BCUT2D eigenvalue weighted by Crippen LogP contribution is -2.17. The van der Waals surface area contributed by atoms with Crippen molar-refractivity contribution in [2.24, 2.45) is 0 Å². The van der Waals surface area contributed by atoms with Crippen LogP contribution in [-0.4, -0.2) is 29.0 Å². The highest BCUT2D eigenvalue weighted by atomic mass is 16.5. The maximum Gasteiger partial charge on any atom is 0.137 e. The number of aryl methyl sites for hydroxylation is 1. The second-order valence-corrected chi connectivity index (χ2v) is 4.62. The molecule has 0 spiro atoms. The number of nitrogens with zero attached hydrogens (tertiary/aromatic N) is 2. The molecule has 1 aromatic heterocycles. The van der Waals surface area contributed by atoms with E-state index in [-0.39, 0.29) is 5.78 Å². The van der Waals surface area contributed by atoms with Crippen molar-refractivity contribution in [1.82, 2.24) is 9.97 Å². The van der Waals surface area contributed by atoms with E-state index >= 15 is 0 Å². The number of hydrogen-bond donors (Lipinski definition) is 0. The number of ether oxygens (including phenoxy) is 1. The van der Waals surface area contributed by atoms with Gasteiger partial charge >= 0.3 is 0 Å². The van der Waals surface area contributed by atoms with Gasteiger partial charge < -0.3 is 4.74 Å². The van der Waals surface area contributed by atoms with Gasteiger partial charge in [0.2, 0.25) is 0 Å². The fourth-order valence-corrected chi connectivity index (χ4v) is 2.16. The van der Waals surface area contributed by atoms with Gasteiger partial charge in [-0.05, 0) is 32.8 Å². The van der Waals surface area contributed by atoms with Crippen molar-refractivity contribution in [2.75, 3.05) is 13.2 Å². The fourth-order valence-electron chi connectivity index (χ4n) is 2.16. The first-order valence-corrected chi connectivity index (χ1v) is 6.07. The van der Waals surface area contributed by atoms with Crippen LogP contribution in [0.2, 0.25) is 0 Å². The fraction of sp³-hybridized carbons (Fsp3) is 0.615. The van der Waals surface area contributed by atoms with Crippen molar-refractivity contribution in [3.8, 4) is 0 Å². The smallest absolute Gasteiger partial charge is 0.137 e. The van der Waals surface area contributed by atoms with Crippen LogP contribution in [-0.2, 0) is 16.0 Å². The lowest BCUT2D eigenvalue weighted by Gasteiger charge is -2.22. The van der Waals surface area contributed by atoms with Gasteiger partial charge in [0, 0.05) is 30.5 Å². The zero-order chi connectivity index (χ0) is 12.3. The van der Waals surface area contributed by atoms with Gasteiger partial charge in [0.25, 0.3) is 0 Å². The summed E-state index contributed by atoms with van der Waals surface area (Å²) >= 11 is 0. The van der Waals surface area contributed by atoms with Gasteiger partial charge in [0.1, 0.15) is 11.6 Å². The van der Waals surface area contributed by atoms with Crippen LogP contribution in [0, 0.1) is 6.92 Å². The molecule has 1 aliphatic rings. The van der Waals surface area contributed by atoms with Gasteiger partial charge in [0.15, 0.2) is 0 Å². The van der Waals surface area contributed by atoms with Crippen LogP contribution in [0.15, 0.2) is 6.07 Å². The number of carbonyl (C=O) groups excluding carboxylic acids is 1. The highest BCUT2D eigenvalue weighted by Crippen LogP contribution is 2.25. The summed E-state index contributed by atoms with van der Waals surface area (Å²) in [4.78, 5) is 19.9. The maximum absolute atomic E-state index is 11.1. The van der Waals surface area contributed by atoms with E-state index < -0.39 is 0 Å². The minimum Gasteiger partial charge on any atom is -0.381 e. The number of ketones is 1. The molecule has 92 valence electrons. The number of Topliss-reactive ketones (excluding diaryl/α,β-unsaturated/α-hetero) is 1. The molecule has 0 aromatic carbocycles. The lowest BCUT2D eigenvalue weighted by molar-refractivity contribution is -0.116. The van der Waals surface area contributed by atoms with E-state index in [1.165, 1.54) is 0 Å². The van der Waals surface area contributed by atoms with Crippen LogP contribution in [0.3, 0.4) is 0 Å². The van der Waals surface area contributed by atoms with E-state index in [2.05, 4.69) is 9.97 Å². The third-order valence-corrected chi connectivity index (χ3v) is 2.97. The molecule has 1 fully saturated rings. The Balaban J connectivity index is 2.20. The summed E-state index contributed by atoms with van der Waals surface area (Å²) in [6, 6.07) is 2.03. The Morgan fingerprint density at radius 3 is 2.76 bits per heavy atom. The van der Waals surface area contributed by atoms with Crippen molar-refractivity contribution in [1.29, 1.82) is 0 Å². The molecule has 0 radical (unpaired) electrons. The first-order valence-electron chi connectivity index (χ1n) is 6.07. The molecule has 4 heteroatoms. The van der Waals surface area contributed by atoms with Crippen molar-refractivity contribution >= 4 is 5.78 Å². The predicted molar refractivity (Wildman–Crippen MR) is 63.9 cm³/mol. The van der Waals surface area contributed by atoms with Gasteiger partial charge in [-0.2, -0.15) is 0 Å². The normalized spacial score (nSPS) is 17.1. The Morgan fingerprint density at radius 1 is 1.41 bits per heavy atom. The van der Waals surface area contributed by atoms with Gasteiger partial charge in [0.05, 0.1) is 6.42 Å². The van der Waals surface area contributed by atoms with Gasteiger partial charge in [-0.3, -0.25) is 4.79 Å². The lowest BCUT2D eigenvalue weighted by atomic mass is 9.96. The van der Waals surface area contributed by atoms with Gasteiger partial charge in [-0.25, -0.2) is 9.97 Å². The third-order valence-electron chi connectivity index (χ3n) is 2.97. The molecule has 0 unspecified atom stereocenters. The minimum atomic E-state index is 0.105. The molecule has 0 aliphatic carbocycles. The Bertz CT molecular complexity index is 412. The molecule has 1 aromatic rings. The standard InChI is InChI=1S/C13H18N2O2/c1-9-7-12(11-3-5-17-6-4-11)15-13(14-9)8-10(2)16/h7,11H,3-6,8H2,1-2H3. The highest BCUT2D eigenvalue weighted by Gasteiger charge is 2.18. The highest BCUT2D eigenvalue weighted by molar-refractivity contribution is 5.77. The quantitative estimate of drug-likeness (QED) is 0.800. The van der Waals surface area contributed by atoms with E-state index in [1.54, 1.807) is 6.92 Å². The SMILES string of the molecule is CC(=O)Cc1nc(C)cc(C2CCOCC2)n1. The molecule has 0 N–H and O–H groups in total. The molecular formula is C13H18N2O2. The molecular weight excluding hydrogens is 216 g/mol. The van der Waals surface area contributed by atoms with E-state index in [0.29, 0.717) is 18.2 Å². The average Bonchev–Trinajstić information content (AvgIpc) is 2.28. The first-order chi connectivity index (χ1) is 8.15. The molecule has 4 nitrogen and oxygen atoms in total. The monoisotopic (exact) mass is 234 g/mol. The molecule has 2 heterocycles. The van der Waals surface area contributed by atoms with Crippen molar-refractivity contribution in [3.63, 3.8) is 0 Å². The van der Waals surface area contributed by atoms with Crippen LogP contribution in [0.25, 0.3) is 0 Å². The minimum absolute atomic E-state index is 0.105. The summed E-state index contributed by atoms with van der Waals surface area (Å²) in [5.41, 5.74) is 2.01.